The average Bonchev–Trinajstić information content (AvgIpc) is 3.68. The van der Waals surface area contributed by atoms with E-state index in [0.717, 1.165) is 88.0 Å². The predicted octanol–water partition coefficient (Wildman–Crippen LogP) is 4.45. The van der Waals surface area contributed by atoms with Crippen LogP contribution >= 0.6 is 0 Å². The van der Waals surface area contributed by atoms with Crippen molar-refractivity contribution in [3.63, 3.8) is 0 Å². The van der Waals surface area contributed by atoms with Gasteiger partial charge >= 0.3 is 0 Å². The third-order valence-corrected chi connectivity index (χ3v) is 8.88. The molecule has 3 aliphatic rings. The molecule has 2 saturated heterocycles. The van der Waals surface area contributed by atoms with Crippen LogP contribution in [0.15, 0.2) is 6.33 Å². The standard InChI is InChI=1S/C29H47N11O/c1(2-5-11-23-12-6-4-7-13-23)3-9-17-40-36-24(35-37-40)21-31-27-26-28(34-29(33-27)38-18-15-30-16-19-38)39(22-32-26)25-14-8-10-20-41-25/h22-23,25,30H,1-21H2,(H,31,33,34). The lowest BCUT2D eigenvalue weighted by molar-refractivity contribution is -0.0298. The van der Waals surface area contributed by atoms with E-state index in [2.05, 4.69) is 35.5 Å². The molecule has 2 aliphatic heterocycles. The molecule has 1 atom stereocenters. The van der Waals surface area contributed by atoms with Gasteiger partial charge in [-0.25, -0.2) is 4.98 Å². The van der Waals surface area contributed by atoms with Gasteiger partial charge < -0.3 is 20.3 Å². The summed E-state index contributed by atoms with van der Waals surface area (Å²) in [6.07, 6.45) is 20.1. The Morgan fingerprint density at radius 2 is 1.76 bits per heavy atom. The number of tetrazole rings is 1. The number of unbranched alkanes of at least 4 members (excludes halogenated alkanes) is 4. The Kier molecular flexibility index (Phi) is 9.89. The SMILES string of the molecule is c1nc2c(NCc3nnn(CCCCCCCC4CCCCC4)n3)nc(N3CCNCC3)nc2n1C1CCCCO1. The summed E-state index contributed by atoms with van der Waals surface area (Å²) in [4.78, 5) is 18.5. The fourth-order valence-electron chi connectivity index (χ4n) is 6.49. The van der Waals surface area contributed by atoms with Crippen LogP contribution in [0.3, 0.4) is 0 Å². The first kappa shape index (κ1) is 28.3. The van der Waals surface area contributed by atoms with E-state index in [0.29, 0.717) is 18.2 Å². The minimum atomic E-state index is -0.0363. The summed E-state index contributed by atoms with van der Waals surface area (Å²) in [5, 5.41) is 20.1. The Morgan fingerprint density at radius 1 is 0.927 bits per heavy atom. The topological polar surface area (TPSA) is 124 Å². The van der Waals surface area contributed by atoms with Crippen LogP contribution in [0.1, 0.15) is 102 Å². The molecule has 2 N–H and O–H groups in total. The fourth-order valence-corrected chi connectivity index (χ4v) is 6.49. The molecule has 5 heterocycles. The quantitative estimate of drug-likeness (QED) is 0.287. The van der Waals surface area contributed by atoms with Crippen LogP contribution in [-0.2, 0) is 17.8 Å². The number of aryl methyl sites for hydroxylation is 1. The summed E-state index contributed by atoms with van der Waals surface area (Å²) in [6.45, 7) is 5.59. The molecule has 0 radical (unpaired) electrons. The zero-order valence-corrected chi connectivity index (χ0v) is 24.5. The maximum absolute atomic E-state index is 6.06. The molecule has 1 unspecified atom stereocenters. The van der Waals surface area contributed by atoms with E-state index in [-0.39, 0.29) is 6.23 Å². The maximum atomic E-state index is 6.06. The first-order valence-corrected chi connectivity index (χ1v) is 16.2. The van der Waals surface area contributed by atoms with Gasteiger partial charge in [0.1, 0.15) is 6.23 Å². The third kappa shape index (κ3) is 7.51. The molecule has 6 rings (SSSR count). The molecule has 1 saturated carbocycles. The monoisotopic (exact) mass is 565 g/mol. The van der Waals surface area contributed by atoms with Crippen molar-refractivity contribution in [2.24, 2.45) is 5.92 Å². The Hall–Kier alpha value is -2.86. The minimum absolute atomic E-state index is 0.0363. The van der Waals surface area contributed by atoms with Crippen LogP contribution in [0.2, 0.25) is 0 Å². The van der Waals surface area contributed by atoms with Gasteiger partial charge in [-0.15, -0.1) is 10.2 Å². The molecule has 41 heavy (non-hydrogen) atoms. The van der Waals surface area contributed by atoms with Crippen molar-refractivity contribution in [3.05, 3.63) is 12.2 Å². The van der Waals surface area contributed by atoms with Crippen molar-refractivity contribution in [2.45, 2.75) is 109 Å². The van der Waals surface area contributed by atoms with Gasteiger partial charge in [0, 0.05) is 32.8 Å². The number of anilines is 2. The molecule has 1 aliphatic carbocycles. The Morgan fingerprint density at radius 3 is 2.61 bits per heavy atom. The molecule has 224 valence electrons. The van der Waals surface area contributed by atoms with Gasteiger partial charge in [-0.2, -0.15) is 14.8 Å². The number of fused-ring (bicyclic) bond motifs is 1. The number of imidazole rings is 1. The van der Waals surface area contributed by atoms with Crippen molar-refractivity contribution < 1.29 is 4.74 Å². The van der Waals surface area contributed by atoms with Crippen LogP contribution in [0.25, 0.3) is 11.2 Å². The highest BCUT2D eigenvalue weighted by Crippen LogP contribution is 2.30. The van der Waals surface area contributed by atoms with E-state index in [4.69, 9.17) is 19.7 Å². The van der Waals surface area contributed by atoms with E-state index in [1.807, 2.05) is 6.33 Å². The molecule has 3 fully saturated rings. The average molecular weight is 566 g/mol. The molecule has 12 nitrogen and oxygen atoms in total. The van der Waals surface area contributed by atoms with E-state index >= 15 is 0 Å². The van der Waals surface area contributed by atoms with E-state index < -0.39 is 0 Å². The molecule has 12 heteroatoms. The van der Waals surface area contributed by atoms with Gasteiger partial charge in [-0.3, -0.25) is 4.57 Å². The highest BCUT2D eigenvalue weighted by molar-refractivity contribution is 5.84. The summed E-state index contributed by atoms with van der Waals surface area (Å²) >= 11 is 0. The molecule has 0 amide bonds. The number of hydrogen-bond donors (Lipinski definition) is 2. The van der Waals surface area contributed by atoms with Crippen molar-refractivity contribution in [3.8, 4) is 0 Å². The molecule has 3 aromatic rings. The van der Waals surface area contributed by atoms with Crippen LogP contribution in [0, 0.1) is 5.92 Å². The predicted molar refractivity (Wildman–Crippen MR) is 159 cm³/mol. The van der Waals surface area contributed by atoms with Gasteiger partial charge in [0.15, 0.2) is 22.8 Å². The molecule has 0 bridgehead atoms. The molecule has 0 aromatic carbocycles. The highest BCUT2D eigenvalue weighted by atomic mass is 16.5. The Balaban J connectivity index is 1.03. The smallest absolute Gasteiger partial charge is 0.229 e. The normalized spacial score (nSPS) is 20.6. The third-order valence-electron chi connectivity index (χ3n) is 8.88. The second-order valence-electron chi connectivity index (χ2n) is 12.0. The lowest BCUT2D eigenvalue weighted by atomic mass is 9.85. The Bertz CT molecular complexity index is 1210. The summed E-state index contributed by atoms with van der Waals surface area (Å²) in [5.41, 5.74) is 1.55. The van der Waals surface area contributed by atoms with Gasteiger partial charge in [-0.05, 0) is 36.8 Å². The Labute approximate surface area is 243 Å². The van der Waals surface area contributed by atoms with Crippen molar-refractivity contribution in [1.29, 1.82) is 0 Å². The van der Waals surface area contributed by atoms with Gasteiger partial charge in [0.05, 0.1) is 19.4 Å². The van der Waals surface area contributed by atoms with Gasteiger partial charge in [-0.1, -0.05) is 64.2 Å². The van der Waals surface area contributed by atoms with E-state index in [1.54, 1.807) is 4.80 Å². The number of aromatic nitrogens is 8. The molecule has 3 aromatic heterocycles. The summed E-state index contributed by atoms with van der Waals surface area (Å²) < 4.78 is 8.13. The number of nitrogens with one attached hydrogen (secondary N) is 2. The van der Waals surface area contributed by atoms with Crippen LogP contribution < -0.4 is 15.5 Å². The zero-order chi connectivity index (χ0) is 27.7. The van der Waals surface area contributed by atoms with E-state index in [9.17, 15) is 0 Å². The maximum Gasteiger partial charge on any atom is 0.229 e. The first-order chi connectivity index (χ1) is 20.3. The molecule has 0 spiro atoms. The minimum Gasteiger partial charge on any atom is -0.361 e. The van der Waals surface area contributed by atoms with Gasteiger partial charge in [0.25, 0.3) is 0 Å². The second-order valence-corrected chi connectivity index (χ2v) is 12.0. The summed E-state index contributed by atoms with van der Waals surface area (Å²) in [6, 6.07) is 0. The van der Waals surface area contributed by atoms with Crippen molar-refractivity contribution in [2.75, 3.05) is 43.0 Å². The van der Waals surface area contributed by atoms with Crippen molar-refractivity contribution >= 4 is 22.9 Å². The largest absolute Gasteiger partial charge is 0.361 e. The first-order valence-electron chi connectivity index (χ1n) is 16.2. The lowest BCUT2D eigenvalue weighted by Gasteiger charge is -2.28. The fraction of sp³-hybridized carbons (Fsp3) is 0.793. The number of ether oxygens (including phenoxy) is 1. The summed E-state index contributed by atoms with van der Waals surface area (Å²) in [7, 11) is 0. The van der Waals surface area contributed by atoms with E-state index in [1.165, 1.54) is 64.2 Å². The number of rotatable bonds is 13. The molecular formula is C29H47N11O. The van der Waals surface area contributed by atoms with Crippen LogP contribution in [0.5, 0.6) is 0 Å². The van der Waals surface area contributed by atoms with Gasteiger partial charge in [0.2, 0.25) is 5.95 Å². The lowest BCUT2D eigenvalue weighted by Crippen LogP contribution is -2.44. The number of hydrogen-bond acceptors (Lipinski definition) is 10. The zero-order valence-electron chi connectivity index (χ0n) is 24.5. The number of piperazine rings is 1. The summed E-state index contributed by atoms with van der Waals surface area (Å²) in [5.74, 6) is 3.07. The second kappa shape index (κ2) is 14.4. The van der Waals surface area contributed by atoms with Crippen LogP contribution in [0.4, 0.5) is 11.8 Å². The van der Waals surface area contributed by atoms with Crippen molar-refractivity contribution in [1.82, 2.24) is 45.0 Å². The number of nitrogens with zero attached hydrogens (tertiary/aromatic N) is 9. The highest BCUT2D eigenvalue weighted by Gasteiger charge is 2.23. The molecular weight excluding hydrogens is 518 g/mol. The van der Waals surface area contributed by atoms with Crippen LogP contribution in [-0.4, -0.2) is 72.5 Å².